The Labute approximate surface area is 111 Å². The van der Waals surface area contributed by atoms with Crippen molar-refractivity contribution in [2.75, 3.05) is 5.73 Å². The van der Waals surface area contributed by atoms with E-state index in [9.17, 15) is 4.79 Å². The molecule has 19 heavy (non-hydrogen) atoms. The van der Waals surface area contributed by atoms with Crippen molar-refractivity contribution < 1.29 is 14.6 Å². The number of rotatable bonds is 3. The second kappa shape index (κ2) is 5.44. The third-order valence-corrected chi connectivity index (χ3v) is 2.64. The summed E-state index contributed by atoms with van der Waals surface area (Å²) >= 11 is 0. The van der Waals surface area contributed by atoms with Crippen LogP contribution >= 0.6 is 0 Å². The average molecular weight is 257 g/mol. The van der Waals surface area contributed by atoms with E-state index >= 15 is 0 Å². The first-order valence-corrected chi connectivity index (χ1v) is 5.87. The van der Waals surface area contributed by atoms with E-state index in [1.807, 2.05) is 6.92 Å². The predicted octanol–water partition coefficient (Wildman–Crippen LogP) is 2.64. The van der Waals surface area contributed by atoms with Crippen molar-refractivity contribution in [1.29, 1.82) is 0 Å². The van der Waals surface area contributed by atoms with Crippen molar-refractivity contribution in [2.45, 2.75) is 13.5 Å². The minimum Gasteiger partial charge on any atom is -0.508 e. The Kier molecular flexibility index (Phi) is 3.71. The van der Waals surface area contributed by atoms with Gasteiger partial charge in [-0.2, -0.15) is 0 Å². The quantitative estimate of drug-likeness (QED) is 0.655. The molecule has 0 unspecified atom stereocenters. The van der Waals surface area contributed by atoms with E-state index < -0.39 is 5.97 Å². The van der Waals surface area contributed by atoms with Crippen molar-refractivity contribution in [2.24, 2.45) is 0 Å². The van der Waals surface area contributed by atoms with Crippen molar-refractivity contribution in [3.63, 3.8) is 0 Å². The van der Waals surface area contributed by atoms with Gasteiger partial charge in [0.25, 0.3) is 0 Å². The van der Waals surface area contributed by atoms with E-state index in [4.69, 9.17) is 15.6 Å². The number of aryl methyl sites for hydroxylation is 1. The Morgan fingerprint density at radius 1 is 1.21 bits per heavy atom. The molecule has 0 heterocycles. The highest BCUT2D eigenvalue weighted by Crippen LogP contribution is 2.14. The molecular weight excluding hydrogens is 242 g/mol. The van der Waals surface area contributed by atoms with Crippen LogP contribution in [0.3, 0.4) is 0 Å². The minimum absolute atomic E-state index is 0.160. The first-order chi connectivity index (χ1) is 9.04. The van der Waals surface area contributed by atoms with E-state index in [1.165, 1.54) is 0 Å². The summed E-state index contributed by atoms with van der Waals surface area (Å²) < 4.78 is 5.19. The van der Waals surface area contributed by atoms with Gasteiger partial charge in [-0.25, -0.2) is 4.79 Å². The van der Waals surface area contributed by atoms with Crippen LogP contribution < -0.4 is 5.73 Å². The standard InChI is InChI=1S/C15H15NO3/c1-10-6-12(8-13(16)7-10)15(18)19-9-11-2-4-14(17)5-3-11/h2-8,17H,9,16H2,1H3. The molecule has 0 aliphatic carbocycles. The molecule has 0 amide bonds. The van der Waals surface area contributed by atoms with Crippen LogP contribution in [-0.4, -0.2) is 11.1 Å². The van der Waals surface area contributed by atoms with Gasteiger partial charge < -0.3 is 15.6 Å². The number of aromatic hydroxyl groups is 1. The van der Waals surface area contributed by atoms with Gasteiger partial charge >= 0.3 is 5.97 Å². The third kappa shape index (κ3) is 3.48. The van der Waals surface area contributed by atoms with E-state index in [0.717, 1.165) is 11.1 Å². The van der Waals surface area contributed by atoms with Gasteiger partial charge in [0.2, 0.25) is 0 Å². The number of nitrogen functional groups attached to an aromatic ring is 1. The van der Waals surface area contributed by atoms with E-state index in [2.05, 4.69) is 0 Å². The van der Waals surface area contributed by atoms with Crippen LogP contribution in [0.4, 0.5) is 5.69 Å². The number of ether oxygens (including phenoxy) is 1. The second-order valence-electron chi connectivity index (χ2n) is 4.37. The molecule has 0 atom stereocenters. The van der Waals surface area contributed by atoms with Gasteiger partial charge in [0, 0.05) is 5.69 Å². The molecule has 0 fully saturated rings. The van der Waals surface area contributed by atoms with Crippen LogP contribution in [0.15, 0.2) is 42.5 Å². The number of anilines is 1. The highest BCUT2D eigenvalue weighted by atomic mass is 16.5. The molecule has 3 N–H and O–H groups in total. The normalized spacial score (nSPS) is 10.2. The Morgan fingerprint density at radius 2 is 1.89 bits per heavy atom. The van der Waals surface area contributed by atoms with Gasteiger partial charge in [0.05, 0.1) is 5.56 Å². The second-order valence-corrected chi connectivity index (χ2v) is 4.37. The van der Waals surface area contributed by atoms with Gasteiger partial charge in [-0.15, -0.1) is 0 Å². The summed E-state index contributed by atoms with van der Waals surface area (Å²) in [5.74, 6) is -0.231. The van der Waals surface area contributed by atoms with Gasteiger partial charge in [-0.3, -0.25) is 0 Å². The summed E-state index contributed by atoms with van der Waals surface area (Å²) in [4.78, 5) is 11.9. The molecule has 0 bridgehead atoms. The van der Waals surface area contributed by atoms with Crippen LogP contribution in [0, 0.1) is 6.92 Å². The predicted molar refractivity (Wildman–Crippen MR) is 72.8 cm³/mol. The third-order valence-electron chi connectivity index (χ3n) is 2.64. The zero-order valence-corrected chi connectivity index (χ0v) is 10.6. The SMILES string of the molecule is Cc1cc(N)cc(C(=O)OCc2ccc(O)cc2)c1. The highest BCUT2D eigenvalue weighted by Gasteiger charge is 2.08. The lowest BCUT2D eigenvalue weighted by Gasteiger charge is -2.06. The topological polar surface area (TPSA) is 72.6 Å². The number of benzene rings is 2. The molecule has 0 aliphatic heterocycles. The highest BCUT2D eigenvalue weighted by molar-refractivity contribution is 5.90. The van der Waals surface area contributed by atoms with Crippen molar-refractivity contribution in [3.05, 3.63) is 59.2 Å². The number of esters is 1. The number of nitrogens with two attached hydrogens (primary N) is 1. The van der Waals surface area contributed by atoms with Gasteiger partial charge in [0.1, 0.15) is 12.4 Å². The molecule has 0 radical (unpaired) electrons. The summed E-state index contributed by atoms with van der Waals surface area (Å²) in [6.45, 7) is 2.03. The molecule has 98 valence electrons. The molecule has 0 saturated carbocycles. The van der Waals surface area contributed by atoms with Gasteiger partial charge in [-0.05, 0) is 48.4 Å². The Morgan fingerprint density at radius 3 is 2.53 bits per heavy atom. The largest absolute Gasteiger partial charge is 0.508 e. The molecule has 0 saturated heterocycles. The molecular formula is C15H15NO3. The molecule has 2 aromatic carbocycles. The molecule has 2 rings (SSSR count). The monoisotopic (exact) mass is 257 g/mol. The van der Waals surface area contributed by atoms with Crippen LogP contribution in [0.1, 0.15) is 21.5 Å². The molecule has 4 heteroatoms. The van der Waals surface area contributed by atoms with Crippen LogP contribution in [0.25, 0.3) is 0 Å². The van der Waals surface area contributed by atoms with Gasteiger partial charge in [0.15, 0.2) is 0 Å². The lowest BCUT2D eigenvalue weighted by molar-refractivity contribution is 0.0472. The lowest BCUT2D eigenvalue weighted by atomic mass is 10.1. The summed E-state index contributed by atoms with van der Waals surface area (Å²) in [6, 6.07) is 11.6. The first-order valence-electron chi connectivity index (χ1n) is 5.87. The number of hydrogen-bond acceptors (Lipinski definition) is 4. The Bertz CT molecular complexity index is 571. The maximum Gasteiger partial charge on any atom is 0.338 e. The van der Waals surface area contributed by atoms with Crippen molar-refractivity contribution in [1.82, 2.24) is 0 Å². The van der Waals surface area contributed by atoms with Crippen molar-refractivity contribution >= 4 is 11.7 Å². The van der Waals surface area contributed by atoms with E-state index in [0.29, 0.717) is 11.3 Å². The zero-order chi connectivity index (χ0) is 13.8. The fourth-order valence-corrected chi connectivity index (χ4v) is 1.75. The summed E-state index contributed by atoms with van der Waals surface area (Å²) in [6.07, 6.45) is 0. The van der Waals surface area contributed by atoms with Crippen LogP contribution in [0.2, 0.25) is 0 Å². The summed E-state index contributed by atoms with van der Waals surface area (Å²) in [5, 5.41) is 9.15. The van der Waals surface area contributed by atoms with E-state index in [1.54, 1.807) is 42.5 Å². The average Bonchev–Trinajstić information content (AvgIpc) is 2.36. The van der Waals surface area contributed by atoms with Crippen LogP contribution in [0.5, 0.6) is 5.75 Å². The molecule has 0 aromatic heterocycles. The molecule has 2 aromatic rings. The number of carbonyl (C=O) groups excluding carboxylic acids is 1. The maximum atomic E-state index is 11.9. The number of hydrogen-bond donors (Lipinski definition) is 2. The first kappa shape index (κ1) is 13.0. The minimum atomic E-state index is -0.413. The molecule has 4 nitrogen and oxygen atoms in total. The lowest BCUT2D eigenvalue weighted by Crippen LogP contribution is -2.06. The maximum absolute atomic E-state index is 11.9. The Balaban J connectivity index is 2.03. The Hall–Kier alpha value is -2.49. The van der Waals surface area contributed by atoms with Crippen molar-refractivity contribution in [3.8, 4) is 5.75 Å². The fraction of sp³-hybridized carbons (Fsp3) is 0.133. The fourth-order valence-electron chi connectivity index (χ4n) is 1.75. The molecule has 0 spiro atoms. The smallest absolute Gasteiger partial charge is 0.338 e. The molecule has 0 aliphatic rings. The summed E-state index contributed by atoms with van der Waals surface area (Å²) in [5.41, 5.74) is 8.39. The van der Waals surface area contributed by atoms with Gasteiger partial charge in [-0.1, -0.05) is 12.1 Å². The number of phenolic OH excluding ortho intramolecular Hbond substituents is 1. The van der Waals surface area contributed by atoms with Crippen LogP contribution in [-0.2, 0) is 11.3 Å². The van der Waals surface area contributed by atoms with E-state index in [-0.39, 0.29) is 12.4 Å². The number of phenols is 1. The number of carbonyl (C=O) groups is 1. The summed E-state index contributed by atoms with van der Waals surface area (Å²) in [7, 11) is 0. The zero-order valence-electron chi connectivity index (χ0n) is 10.6.